The number of alkyl halides is 1. The molecule has 1 aromatic carbocycles. The second kappa shape index (κ2) is 6.54. The van der Waals surface area contributed by atoms with Crippen LogP contribution in [0.1, 0.15) is 5.69 Å². The van der Waals surface area contributed by atoms with Crippen LogP contribution in [-0.2, 0) is 5.88 Å². The first-order valence-corrected chi connectivity index (χ1v) is 7.35. The molecular weight excluding hydrogens is 399 g/mol. The summed E-state index contributed by atoms with van der Waals surface area (Å²) >= 11 is 12.5. The van der Waals surface area contributed by atoms with Gasteiger partial charge in [0.25, 0.3) is 0 Å². The van der Waals surface area contributed by atoms with Crippen molar-refractivity contribution in [2.45, 2.75) is 5.88 Å². The Balaban J connectivity index is 2.25. The fourth-order valence-corrected chi connectivity index (χ4v) is 2.36. The molecule has 2 rings (SSSR count). The van der Waals surface area contributed by atoms with Crippen molar-refractivity contribution < 1.29 is 9.47 Å². The maximum atomic E-state index is 5.65. The summed E-state index contributed by atoms with van der Waals surface area (Å²) in [5.41, 5.74) is 0.698. The van der Waals surface area contributed by atoms with Gasteiger partial charge in [-0.1, -0.05) is 0 Å². The molecule has 2 aromatic rings. The third kappa shape index (κ3) is 3.58. The fraction of sp³-hybridized carbons (Fsp3) is 0.167. The lowest BCUT2D eigenvalue weighted by molar-refractivity contribution is 0.408. The first kappa shape index (κ1) is 14.6. The van der Waals surface area contributed by atoms with E-state index in [0.29, 0.717) is 29.0 Å². The highest BCUT2D eigenvalue weighted by Gasteiger charge is 2.10. The predicted molar refractivity (Wildman–Crippen MR) is 80.1 cm³/mol. The summed E-state index contributed by atoms with van der Waals surface area (Å²) in [6.07, 6.45) is 0. The molecule has 1 heterocycles. The van der Waals surface area contributed by atoms with Gasteiger partial charge in [0.2, 0.25) is 5.88 Å². The normalized spacial score (nSPS) is 10.3. The molecule has 4 nitrogen and oxygen atoms in total. The zero-order chi connectivity index (χ0) is 13.8. The number of methoxy groups -OCH3 is 1. The van der Waals surface area contributed by atoms with Gasteiger partial charge in [-0.05, 0) is 50.1 Å². The van der Waals surface area contributed by atoms with Crippen LogP contribution in [0.4, 0.5) is 0 Å². The van der Waals surface area contributed by atoms with Gasteiger partial charge >= 0.3 is 0 Å². The van der Waals surface area contributed by atoms with Gasteiger partial charge in [0, 0.05) is 6.07 Å². The Bertz CT molecular complexity index is 579. The van der Waals surface area contributed by atoms with E-state index in [1.54, 1.807) is 31.4 Å². The van der Waals surface area contributed by atoms with Crippen LogP contribution in [0.2, 0.25) is 0 Å². The molecule has 0 radical (unpaired) electrons. The van der Waals surface area contributed by atoms with Crippen molar-refractivity contribution in [3.05, 3.63) is 38.9 Å². The maximum Gasteiger partial charge on any atom is 0.238 e. The molecule has 1 aromatic heterocycles. The Labute approximate surface area is 132 Å². The zero-order valence-electron chi connectivity index (χ0n) is 9.86. The van der Waals surface area contributed by atoms with Gasteiger partial charge in [-0.2, -0.15) is 5.10 Å². The summed E-state index contributed by atoms with van der Waals surface area (Å²) in [5, 5.41) is 7.85. The highest BCUT2D eigenvalue weighted by molar-refractivity contribution is 9.11. The highest BCUT2D eigenvalue weighted by Crippen LogP contribution is 2.37. The van der Waals surface area contributed by atoms with E-state index in [9.17, 15) is 0 Å². The van der Waals surface area contributed by atoms with Crippen LogP contribution in [0.15, 0.2) is 33.2 Å². The van der Waals surface area contributed by atoms with E-state index in [1.165, 1.54) is 0 Å². The molecule has 0 spiro atoms. The molecule has 0 aliphatic rings. The van der Waals surface area contributed by atoms with Crippen molar-refractivity contribution in [3.8, 4) is 17.4 Å². The predicted octanol–water partition coefficient (Wildman–Crippen LogP) is 4.54. The topological polar surface area (TPSA) is 44.2 Å². The van der Waals surface area contributed by atoms with Crippen LogP contribution in [0.5, 0.6) is 17.4 Å². The smallest absolute Gasteiger partial charge is 0.238 e. The summed E-state index contributed by atoms with van der Waals surface area (Å²) in [6.45, 7) is 0. The van der Waals surface area contributed by atoms with Crippen molar-refractivity contribution in [3.63, 3.8) is 0 Å². The van der Waals surface area contributed by atoms with Crippen molar-refractivity contribution in [2.75, 3.05) is 7.11 Å². The molecule has 0 atom stereocenters. The van der Waals surface area contributed by atoms with Crippen LogP contribution in [0, 0.1) is 0 Å². The Morgan fingerprint density at radius 1 is 1.11 bits per heavy atom. The lowest BCUT2D eigenvalue weighted by Crippen LogP contribution is -1.94. The Morgan fingerprint density at radius 3 is 2.37 bits per heavy atom. The molecule has 0 aliphatic heterocycles. The molecule has 0 N–H and O–H groups in total. The fourth-order valence-electron chi connectivity index (χ4n) is 1.33. The van der Waals surface area contributed by atoms with Crippen molar-refractivity contribution in [1.82, 2.24) is 10.2 Å². The minimum absolute atomic E-state index is 0.324. The molecular formula is C12H9Br2ClN2O2. The van der Waals surface area contributed by atoms with Gasteiger partial charge in [-0.25, -0.2) is 0 Å². The Kier molecular flexibility index (Phi) is 5.01. The first-order valence-electron chi connectivity index (χ1n) is 5.23. The molecule has 0 saturated carbocycles. The van der Waals surface area contributed by atoms with Gasteiger partial charge in [-0.3, -0.25) is 0 Å². The number of hydrogen-bond acceptors (Lipinski definition) is 4. The minimum Gasteiger partial charge on any atom is -0.496 e. The summed E-state index contributed by atoms with van der Waals surface area (Å²) in [4.78, 5) is 0. The van der Waals surface area contributed by atoms with Crippen molar-refractivity contribution >= 4 is 43.5 Å². The average Bonchev–Trinajstić information content (AvgIpc) is 2.43. The number of hydrogen-bond donors (Lipinski definition) is 0. The van der Waals surface area contributed by atoms with E-state index in [-0.39, 0.29) is 0 Å². The monoisotopic (exact) mass is 406 g/mol. The summed E-state index contributed by atoms with van der Waals surface area (Å²) in [6, 6.07) is 7.08. The Hall–Kier alpha value is -0.850. The molecule has 100 valence electrons. The number of halogens is 3. The third-order valence-electron chi connectivity index (χ3n) is 2.25. The largest absolute Gasteiger partial charge is 0.496 e. The van der Waals surface area contributed by atoms with E-state index in [2.05, 4.69) is 42.1 Å². The molecule has 0 unspecified atom stereocenters. The molecule has 0 bridgehead atoms. The van der Waals surface area contributed by atoms with E-state index in [4.69, 9.17) is 21.1 Å². The van der Waals surface area contributed by atoms with Crippen LogP contribution in [0.25, 0.3) is 0 Å². The summed E-state index contributed by atoms with van der Waals surface area (Å²) < 4.78 is 12.4. The van der Waals surface area contributed by atoms with Crippen molar-refractivity contribution in [1.29, 1.82) is 0 Å². The quantitative estimate of drug-likeness (QED) is 0.697. The lowest BCUT2D eigenvalue weighted by Gasteiger charge is -2.10. The van der Waals surface area contributed by atoms with Crippen LogP contribution in [-0.4, -0.2) is 17.3 Å². The van der Waals surface area contributed by atoms with Gasteiger partial charge in [0.1, 0.15) is 11.5 Å². The molecule has 0 amide bonds. The van der Waals surface area contributed by atoms with Crippen LogP contribution in [0.3, 0.4) is 0 Å². The second-order valence-electron chi connectivity index (χ2n) is 3.52. The Morgan fingerprint density at radius 2 is 1.79 bits per heavy atom. The summed E-state index contributed by atoms with van der Waals surface area (Å²) in [5.74, 6) is 2.04. The molecule has 19 heavy (non-hydrogen) atoms. The molecule has 0 fully saturated rings. The zero-order valence-corrected chi connectivity index (χ0v) is 13.8. The highest BCUT2D eigenvalue weighted by atomic mass is 79.9. The van der Waals surface area contributed by atoms with Crippen molar-refractivity contribution in [2.24, 2.45) is 0 Å². The molecule has 0 saturated heterocycles. The lowest BCUT2D eigenvalue weighted by atomic mass is 10.3. The van der Waals surface area contributed by atoms with Crippen LogP contribution < -0.4 is 9.47 Å². The third-order valence-corrected chi connectivity index (χ3v) is 3.77. The van der Waals surface area contributed by atoms with E-state index in [1.807, 2.05) is 0 Å². The number of ether oxygens (including phenoxy) is 2. The van der Waals surface area contributed by atoms with Gasteiger partial charge in [0.15, 0.2) is 0 Å². The van der Waals surface area contributed by atoms with Gasteiger partial charge in [0.05, 0.1) is 27.6 Å². The van der Waals surface area contributed by atoms with Crippen LogP contribution >= 0.6 is 43.5 Å². The average molecular weight is 408 g/mol. The number of nitrogens with zero attached hydrogens (tertiary/aromatic N) is 2. The molecule has 7 heteroatoms. The standard InChI is InChI=1S/C12H9Br2ClN2O2/c1-18-10-4-9(14)11(5-8(10)13)19-12-3-2-7(6-15)16-17-12/h2-5H,6H2,1H3. The number of benzene rings is 1. The van der Waals surface area contributed by atoms with E-state index in [0.717, 1.165) is 8.95 Å². The van der Waals surface area contributed by atoms with Gasteiger partial charge in [-0.15, -0.1) is 16.7 Å². The maximum absolute atomic E-state index is 5.65. The number of aromatic nitrogens is 2. The van der Waals surface area contributed by atoms with E-state index < -0.39 is 0 Å². The SMILES string of the molecule is COc1cc(Br)c(Oc2ccc(CCl)nn2)cc1Br. The minimum atomic E-state index is 0.324. The second-order valence-corrected chi connectivity index (χ2v) is 5.49. The first-order chi connectivity index (χ1) is 9.13. The number of rotatable bonds is 4. The van der Waals surface area contributed by atoms with Gasteiger partial charge < -0.3 is 9.47 Å². The van der Waals surface area contributed by atoms with E-state index >= 15 is 0 Å². The molecule has 0 aliphatic carbocycles. The summed E-state index contributed by atoms with van der Waals surface area (Å²) in [7, 11) is 1.60.